The van der Waals surface area contributed by atoms with E-state index in [9.17, 15) is 28.8 Å². The predicted molar refractivity (Wildman–Crippen MR) is 111 cm³/mol. The molecule has 0 bridgehead atoms. The lowest BCUT2D eigenvalue weighted by molar-refractivity contribution is -0.143. The Labute approximate surface area is 184 Å². The number of primary amides is 1. The minimum absolute atomic E-state index is 0.206. The molecule has 0 spiro atoms. The Hall–Kier alpha value is -2.87. The minimum atomic E-state index is -1.48. The summed E-state index contributed by atoms with van der Waals surface area (Å²) in [6, 6.07) is -5.12. The number of hydrogen-bond donors (Lipinski definition) is 8. The fourth-order valence-corrected chi connectivity index (χ4v) is 2.61. The summed E-state index contributed by atoms with van der Waals surface area (Å²) in [7, 11) is 0. The molecule has 0 aliphatic carbocycles. The van der Waals surface area contributed by atoms with Gasteiger partial charge in [-0.15, -0.1) is 0 Å². The molecule has 31 heavy (non-hydrogen) atoms. The first-order valence-corrected chi connectivity index (χ1v) is 9.93. The van der Waals surface area contributed by atoms with Crippen LogP contribution in [0.25, 0.3) is 0 Å². The quantitative estimate of drug-likeness (QED) is 0.124. The van der Waals surface area contributed by atoms with E-state index in [2.05, 4.69) is 28.6 Å². The number of nitrogens with two attached hydrogens (primary N) is 2. The number of hydrogen-bond acceptors (Lipinski definition) is 8. The highest BCUT2D eigenvalue weighted by Crippen LogP contribution is 2.05. The summed E-state index contributed by atoms with van der Waals surface area (Å²) in [5.41, 5.74) is 10.5. The maximum atomic E-state index is 12.6. The Morgan fingerprint density at radius 1 is 0.903 bits per heavy atom. The SMILES string of the molecule is CC(C)C(NC(=O)C(N)CC(N)=O)C(=O)NC(CS)C(=O)NC(CCC(=O)O)C(=O)O. The van der Waals surface area contributed by atoms with Gasteiger partial charge in [0, 0.05) is 12.2 Å². The van der Waals surface area contributed by atoms with E-state index < -0.39 is 78.5 Å². The molecule has 4 atom stereocenters. The molecule has 9 N–H and O–H groups in total. The summed E-state index contributed by atoms with van der Waals surface area (Å²) in [6.45, 7) is 3.23. The number of carbonyl (C=O) groups excluding carboxylic acids is 4. The number of aliphatic carboxylic acids is 2. The van der Waals surface area contributed by atoms with Gasteiger partial charge in [0.25, 0.3) is 0 Å². The second-order valence-corrected chi connectivity index (χ2v) is 7.45. The Kier molecular flexibility index (Phi) is 12.2. The van der Waals surface area contributed by atoms with E-state index in [0.717, 1.165) is 0 Å². The normalized spacial score (nSPS) is 14.6. The molecule has 0 rings (SSSR count). The summed E-state index contributed by atoms with van der Waals surface area (Å²) < 4.78 is 0. The van der Waals surface area contributed by atoms with E-state index in [1.807, 2.05) is 0 Å². The van der Waals surface area contributed by atoms with E-state index in [1.165, 1.54) is 0 Å². The zero-order valence-corrected chi connectivity index (χ0v) is 18.1. The largest absolute Gasteiger partial charge is 0.481 e. The van der Waals surface area contributed by atoms with Gasteiger partial charge in [0.15, 0.2) is 0 Å². The molecule has 4 amide bonds. The molecule has 13 nitrogen and oxygen atoms in total. The highest BCUT2D eigenvalue weighted by Gasteiger charge is 2.31. The fraction of sp³-hybridized carbons (Fsp3) is 0.647. The fourth-order valence-electron chi connectivity index (χ4n) is 2.36. The zero-order valence-electron chi connectivity index (χ0n) is 17.2. The van der Waals surface area contributed by atoms with Gasteiger partial charge in [0.2, 0.25) is 23.6 Å². The van der Waals surface area contributed by atoms with E-state index in [1.54, 1.807) is 13.8 Å². The molecule has 0 aliphatic rings. The first kappa shape index (κ1) is 28.1. The van der Waals surface area contributed by atoms with Crippen LogP contribution in [0, 0.1) is 5.92 Å². The van der Waals surface area contributed by atoms with Crippen molar-refractivity contribution in [1.82, 2.24) is 16.0 Å². The van der Waals surface area contributed by atoms with Crippen LogP contribution in [0.2, 0.25) is 0 Å². The van der Waals surface area contributed by atoms with E-state index in [-0.39, 0.29) is 12.2 Å². The molecule has 176 valence electrons. The van der Waals surface area contributed by atoms with Crippen molar-refractivity contribution in [3.63, 3.8) is 0 Å². The monoisotopic (exact) mass is 463 g/mol. The summed E-state index contributed by atoms with van der Waals surface area (Å²) in [5.74, 6) is -6.55. The van der Waals surface area contributed by atoms with Crippen molar-refractivity contribution in [3.05, 3.63) is 0 Å². The van der Waals surface area contributed by atoms with Crippen LogP contribution in [0.4, 0.5) is 0 Å². The Balaban J connectivity index is 5.17. The van der Waals surface area contributed by atoms with E-state index >= 15 is 0 Å². The van der Waals surface area contributed by atoms with Crippen molar-refractivity contribution in [1.29, 1.82) is 0 Å². The van der Waals surface area contributed by atoms with Gasteiger partial charge < -0.3 is 37.6 Å². The second-order valence-electron chi connectivity index (χ2n) is 7.08. The Morgan fingerprint density at radius 2 is 1.45 bits per heavy atom. The van der Waals surface area contributed by atoms with Crippen molar-refractivity contribution < 1.29 is 39.0 Å². The lowest BCUT2D eigenvalue weighted by Gasteiger charge is -2.26. The van der Waals surface area contributed by atoms with Crippen LogP contribution in [0.3, 0.4) is 0 Å². The van der Waals surface area contributed by atoms with E-state index in [4.69, 9.17) is 21.7 Å². The summed E-state index contributed by atoms with van der Waals surface area (Å²) >= 11 is 3.97. The summed E-state index contributed by atoms with van der Waals surface area (Å²) in [6.07, 6.45) is -1.26. The summed E-state index contributed by atoms with van der Waals surface area (Å²) in [5, 5.41) is 24.7. The summed E-state index contributed by atoms with van der Waals surface area (Å²) in [4.78, 5) is 69.9. The number of amides is 4. The first-order chi connectivity index (χ1) is 14.3. The molecule has 0 radical (unpaired) electrons. The minimum Gasteiger partial charge on any atom is -0.481 e. The Morgan fingerprint density at radius 3 is 1.87 bits per heavy atom. The molecule has 0 saturated carbocycles. The van der Waals surface area contributed by atoms with Gasteiger partial charge in [-0.2, -0.15) is 12.6 Å². The van der Waals surface area contributed by atoms with E-state index in [0.29, 0.717) is 0 Å². The molecule has 0 aromatic heterocycles. The number of rotatable bonds is 14. The van der Waals surface area contributed by atoms with Crippen LogP contribution < -0.4 is 27.4 Å². The van der Waals surface area contributed by atoms with Crippen molar-refractivity contribution in [2.45, 2.75) is 57.3 Å². The molecule has 14 heteroatoms. The third-order valence-electron chi connectivity index (χ3n) is 4.08. The van der Waals surface area contributed by atoms with Crippen molar-refractivity contribution in [2.75, 3.05) is 5.75 Å². The third kappa shape index (κ3) is 10.6. The topological polar surface area (TPSA) is 231 Å². The van der Waals surface area contributed by atoms with Crippen LogP contribution in [-0.4, -0.2) is 75.7 Å². The second kappa shape index (κ2) is 13.4. The van der Waals surface area contributed by atoms with Gasteiger partial charge in [0.1, 0.15) is 18.1 Å². The van der Waals surface area contributed by atoms with Gasteiger partial charge in [-0.05, 0) is 12.3 Å². The number of carboxylic acids is 2. The Bertz CT molecular complexity index is 702. The number of nitrogens with one attached hydrogen (secondary N) is 3. The lowest BCUT2D eigenvalue weighted by Crippen LogP contribution is -2.59. The standard InChI is InChI=1S/C17H29N5O8S/c1-7(2)13(22-14(26)8(18)5-11(19)23)16(28)21-10(6-31)15(27)20-9(17(29)30)3-4-12(24)25/h7-10,13,31H,3-6,18H2,1-2H3,(H2,19,23)(H,20,27)(H,21,28)(H,22,26)(H,24,25)(H,29,30). The van der Waals surface area contributed by atoms with Crippen LogP contribution >= 0.6 is 12.6 Å². The molecular weight excluding hydrogens is 434 g/mol. The van der Waals surface area contributed by atoms with Gasteiger partial charge in [0.05, 0.1) is 12.5 Å². The van der Waals surface area contributed by atoms with Gasteiger partial charge in [-0.25, -0.2) is 4.79 Å². The highest BCUT2D eigenvalue weighted by molar-refractivity contribution is 7.80. The van der Waals surface area contributed by atoms with Crippen molar-refractivity contribution >= 4 is 48.2 Å². The molecule has 0 aromatic carbocycles. The van der Waals surface area contributed by atoms with Crippen LogP contribution in [0.1, 0.15) is 33.1 Å². The van der Waals surface area contributed by atoms with Crippen LogP contribution in [0.5, 0.6) is 0 Å². The average molecular weight is 464 g/mol. The molecule has 4 unspecified atom stereocenters. The average Bonchev–Trinajstić information content (AvgIpc) is 2.65. The van der Waals surface area contributed by atoms with Gasteiger partial charge in [-0.1, -0.05) is 13.8 Å². The van der Waals surface area contributed by atoms with Crippen LogP contribution in [-0.2, 0) is 28.8 Å². The first-order valence-electron chi connectivity index (χ1n) is 9.30. The maximum absolute atomic E-state index is 12.6. The molecule has 0 fully saturated rings. The molecule has 0 aromatic rings. The molecular formula is C17H29N5O8S. The van der Waals surface area contributed by atoms with Crippen molar-refractivity contribution in [2.24, 2.45) is 17.4 Å². The van der Waals surface area contributed by atoms with Crippen molar-refractivity contribution in [3.8, 4) is 0 Å². The van der Waals surface area contributed by atoms with Gasteiger partial charge in [-0.3, -0.25) is 24.0 Å². The number of thiol groups is 1. The number of carboxylic acid groups (broad SMARTS) is 2. The third-order valence-corrected chi connectivity index (χ3v) is 4.45. The molecule has 0 saturated heterocycles. The molecule has 0 aliphatic heterocycles. The lowest BCUT2D eigenvalue weighted by atomic mass is 10.0. The highest BCUT2D eigenvalue weighted by atomic mass is 32.1. The predicted octanol–water partition coefficient (Wildman–Crippen LogP) is -2.82. The smallest absolute Gasteiger partial charge is 0.326 e. The zero-order chi connectivity index (χ0) is 24.3. The maximum Gasteiger partial charge on any atom is 0.326 e. The van der Waals surface area contributed by atoms with Crippen LogP contribution in [0.15, 0.2) is 0 Å². The molecule has 0 heterocycles. The van der Waals surface area contributed by atoms with Gasteiger partial charge >= 0.3 is 11.9 Å². The number of carbonyl (C=O) groups is 6.